The molecule has 6 heteroatoms. The molecule has 0 atom stereocenters. The molecule has 0 aliphatic heterocycles. The van der Waals surface area contributed by atoms with Crippen LogP contribution in [0, 0.1) is 13.8 Å². The van der Waals surface area contributed by atoms with Gasteiger partial charge in [-0.2, -0.15) is 0 Å². The molecule has 4 aromatic rings. The summed E-state index contributed by atoms with van der Waals surface area (Å²) in [5, 5.41) is 0. The van der Waals surface area contributed by atoms with Crippen LogP contribution >= 0.6 is 0 Å². The van der Waals surface area contributed by atoms with Crippen molar-refractivity contribution in [3.8, 4) is 11.1 Å². The Morgan fingerprint density at radius 2 is 1.52 bits per heavy atom. The van der Waals surface area contributed by atoms with E-state index in [1.807, 2.05) is 36.4 Å². The van der Waals surface area contributed by atoms with Gasteiger partial charge in [0.1, 0.15) is 5.76 Å². The number of hydrogen-bond donors (Lipinski definition) is 0. The second-order valence-electron chi connectivity index (χ2n) is 9.50. The first-order valence-electron chi connectivity index (χ1n) is 13.5. The van der Waals surface area contributed by atoms with Crippen LogP contribution in [0.15, 0.2) is 95.9 Å². The third-order valence-electron chi connectivity index (χ3n) is 6.67. The molecule has 0 N–H and O–H groups in total. The minimum atomic E-state index is -0.456. The Balaban J connectivity index is 1.63. The van der Waals surface area contributed by atoms with Crippen molar-refractivity contribution in [3.05, 3.63) is 114 Å². The van der Waals surface area contributed by atoms with E-state index in [2.05, 4.69) is 67.8 Å². The first kappa shape index (κ1) is 28.4. The molecule has 3 aromatic carbocycles. The van der Waals surface area contributed by atoms with Crippen LogP contribution in [0.2, 0.25) is 0 Å². The van der Waals surface area contributed by atoms with Crippen LogP contribution in [0.3, 0.4) is 0 Å². The number of ether oxygens (including phenoxy) is 2. The maximum absolute atomic E-state index is 11.5. The molecule has 0 unspecified atom stereocenters. The normalized spacial score (nSPS) is 10.7. The van der Waals surface area contributed by atoms with Crippen LogP contribution in [0.4, 0.5) is 17.3 Å². The second-order valence-corrected chi connectivity index (χ2v) is 9.50. The Morgan fingerprint density at radius 1 is 0.825 bits per heavy atom. The lowest BCUT2D eigenvalue weighted by Gasteiger charge is -2.24. The van der Waals surface area contributed by atoms with E-state index >= 15 is 0 Å². The van der Waals surface area contributed by atoms with Crippen LogP contribution in [-0.4, -0.2) is 25.2 Å². The van der Waals surface area contributed by atoms with Gasteiger partial charge in [-0.25, -0.2) is 4.79 Å². The highest BCUT2D eigenvalue weighted by molar-refractivity contribution is 5.81. The van der Waals surface area contributed by atoms with Crippen molar-refractivity contribution in [2.45, 2.75) is 40.0 Å². The Labute approximate surface area is 235 Å². The number of nitrogens with zero attached hydrogens (tertiary/aromatic N) is 1. The summed E-state index contributed by atoms with van der Waals surface area (Å²) in [6.07, 6.45) is 2.62. The summed E-state index contributed by atoms with van der Waals surface area (Å²) >= 11 is 0. The summed E-state index contributed by atoms with van der Waals surface area (Å²) in [4.78, 5) is 24.9. The summed E-state index contributed by atoms with van der Waals surface area (Å²) in [5.41, 5.74) is 7.72. The highest BCUT2D eigenvalue weighted by Crippen LogP contribution is 2.38. The van der Waals surface area contributed by atoms with Crippen molar-refractivity contribution in [1.82, 2.24) is 0 Å². The third-order valence-corrected chi connectivity index (χ3v) is 6.67. The Bertz CT molecular complexity index is 1470. The summed E-state index contributed by atoms with van der Waals surface area (Å²) in [6.45, 7) is 10.0. The molecule has 206 valence electrons. The van der Waals surface area contributed by atoms with E-state index in [-0.39, 0.29) is 12.6 Å². The van der Waals surface area contributed by atoms with Crippen LogP contribution in [0.1, 0.15) is 35.8 Å². The predicted octanol–water partition coefficient (Wildman–Crippen LogP) is 7.80. The van der Waals surface area contributed by atoms with E-state index < -0.39 is 5.97 Å². The van der Waals surface area contributed by atoms with E-state index in [4.69, 9.17) is 13.9 Å². The summed E-state index contributed by atoms with van der Waals surface area (Å²) < 4.78 is 16.6. The van der Waals surface area contributed by atoms with E-state index in [1.54, 1.807) is 6.92 Å². The maximum Gasteiger partial charge on any atom is 0.330 e. The fourth-order valence-corrected chi connectivity index (χ4v) is 4.50. The van der Waals surface area contributed by atoms with Gasteiger partial charge in [0.25, 0.3) is 0 Å². The smallest absolute Gasteiger partial charge is 0.330 e. The largest absolute Gasteiger partial charge is 0.465 e. The van der Waals surface area contributed by atoms with Crippen molar-refractivity contribution in [1.29, 1.82) is 0 Å². The van der Waals surface area contributed by atoms with Crippen molar-refractivity contribution in [2.75, 3.05) is 18.1 Å². The number of hydrogen-bond acceptors (Lipinski definition) is 6. The lowest BCUT2D eigenvalue weighted by Crippen LogP contribution is -2.10. The number of esters is 2. The highest BCUT2D eigenvalue weighted by atomic mass is 16.5. The van der Waals surface area contributed by atoms with Gasteiger partial charge in [-0.1, -0.05) is 56.0 Å². The lowest BCUT2D eigenvalue weighted by molar-refractivity contribution is -0.143. The topological polar surface area (TPSA) is 69.0 Å². The van der Waals surface area contributed by atoms with E-state index in [0.29, 0.717) is 37.5 Å². The van der Waals surface area contributed by atoms with Crippen molar-refractivity contribution < 1.29 is 23.5 Å². The molecule has 0 fully saturated rings. The van der Waals surface area contributed by atoms with Crippen LogP contribution in [-0.2, 0) is 31.9 Å². The zero-order valence-corrected chi connectivity index (χ0v) is 23.3. The first-order chi connectivity index (χ1) is 19.4. The quantitative estimate of drug-likeness (QED) is 0.136. The van der Waals surface area contributed by atoms with E-state index in [0.717, 1.165) is 28.6 Å². The molecular formula is C34H35NO5. The van der Waals surface area contributed by atoms with Crippen molar-refractivity contribution >= 4 is 29.2 Å². The number of carbonyl (C=O) groups is 2. The molecule has 4 rings (SSSR count). The molecule has 40 heavy (non-hydrogen) atoms. The molecule has 0 bridgehead atoms. The summed E-state index contributed by atoms with van der Waals surface area (Å²) in [5.74, 6) is 0.708. The van der Waals surface area contributed by atoms with Crippen molar-refractivity contribution in [2.24, 2.45) is 0 Å². The Hall–Kier alpha value is -4.58. The van der Waals surface area contributed by atoms with Gasteiger partial charge in [0.15, 0.2) is 0 Å². The number of anilines is 3. The van der Waals surface area contributed by atoms with Gasteiger partial charge in [-0.05, 0) is 72.0 Å². The van der Waals surface area contributed by atoms with E-state index in [1.165, 1.54) is 16.7 Å². The zero-order chi connectivity index (χ0) is 28.5. The average Bonchev–Trinajstić information content (AvgIpc) is 3.42. The third kappa shape index (κ3) is 7.08. The number of furan rings is 1. The number of benzene rings is 3. The van der Waals surface area contributed by atoms with Gasteiger partial charge in [0.05, 0.1) is 13.2 Å². The molecule has 0 aliphatic rings. The predicted molar refractivity (Wildman–Crippen MR) is 158 cm³/mol. The second kappa shape index (κ2) is 13.5. The van der Waals surface area contributed by atoms with Gasteiger partial charge < -0.3 is 13.9 Å². The monoisotopic (exact) mass is 537 g/mol. The fraction of sp³-hybridized carbons (Fsp3) is 0.235. The van der Waals surface area contributed by atoms with Gasteiger partial charge in [-0.15, -0.1) is 0 Å². The Morgan fingerprint density at radius 3 is 2.23 bits per heavy atom. The van der Waals surface area contributed by atoms with Crippen molar-refractivity contribution in [3.63, 3.8) is 0 Å². The molecule has 1 aromatic heterocycles. The number of carbonyl (C=O) groups excluding carboxylic acids is 2. The summed E-state index contributed by atoms with van der Waals surface area (Å²) in [6, 6.07) is 26.8. The standard InChI is InChI=1S/C34H35NO5/c1-5-33(36)38-21-19-26-11-13-27(14-12-26)35(32-18-16-29(40-32)20-22-39-34(37)6-2)28-15-17-31(25(4)23-28)30-10-8-7-9-24(30)3/h6-18,23H,2,5,19-22H2,1,3-4H3. The van der Waals surface area contributed by atoms with Crippen LogP contribution in [0.25, 0.3) is 11.1 Å². The lowest BCUT2D eigenvalue weighted by atomic mass is 9.96. The molecule has 1 heterocycles. The van der Waals surface area contributed by atoms with Gasteiger partial charge in [0.2, 0.25) is 5.88 Å². The average molecular weight is 538 g/mol. The van der Waals surface area contributed by atoms with Crippen LogP contribution in [0.5, 0.6) is 0 Å². The minimum Gasteiger partial charge on any atom is -0.465 e. The van der Waals surface area contributed by atoms with Gasteiger partial charge in [0, 0.05) is 42.8 Å². The molecule has 0 amide bonds. The van der Waals surface area contributed by atoms with E-state index in [9.17, 15) is 9.59 Å². The molecule has 0 aliphatic carbocycles. The fourth-order valence-electron chi connectivity index (χ4n) is 4.50. The number of aryl methyl sites for hydroxylation is 2. The number of rotatable bonds is 12. The molecular weight excluding hydrogens is 502 g/mol. The molecule has 0 saturated carbocycles. The molecule has 0 radical (unpaired) electrons. The zero-order valence-electron chi connectivity index (χ0n) is 23.3. The minimum absolute atomic E-state index is 0.194. The Kier molecular flexibility index (Phi) is 9.57. The van der Waals surface area contributed by atoms with Gasteiger partial charge >= 0.3 is 11.9 Å². The van der Waals surface area contributed by atoms with Crippen LogP contribution < -0.4 is 4.90 Å². The molecule has 0 saturated heterocycles. The summed E-state index contributed by atoms with van der Waals surface area (Å²) in [7, 11) is 0. The molecule has 0 spiro atoms. The first-order valence-corrected chi connectivity index (χ1v) is 13.5. The highest BCUT2D eigenvalue weighted by Gasteiger charge is 2.18. The molecule has 6 nitrogen and oxygen atoms in total. The SMILES string of the molecule is C=CC(=O)OCCc1ccc(N(c2ccc(CCOC(=O)CC)cc2)c2ccc(-c3ccccc3C)c(C)c2)o1. The maximum atomic E-state index is 11.5. The van der Waals surface area contributed by atoms with Gasteiger partial charge in [-0.3, -0.25) is 9.69 Å².